The molecule has 0 aliphatic heterocycles. The number of hydrogen-bond acceptors (Lipinski definition) is 4. The van der Waals surface area contributed by atoms with Crippen molar-refractivity contribution < 1.29 is 13.9 Å². The van der Waals surface area contributed by atoms with Crippen LogP contribution in [-0.2, 0) is 10.6 Å². The molecular weight excluding hydrogens is 218 g/mol. The van der Waals surface area contributed by atoms with E-state index in [2.05, 4.69) is 9.72 Å². The zero-order valence-corrected chi connectivity index (χ0v) is 8.75. The van der Waals surface area contributed by atoms with Crippen molar-refractivity contribution in [3.05, 3.63) is 29.7 Å². The molecule has 0 bridgehead atoms. The fraction of sp³-hybridized carbons (Fsp3) is 0.200. The topological polar surface area (TPSA) is 52.3 Å². The van der Waals surface area contributed by atoms with Crippen LogP contribution >= 0.6 is 11.6 Å². The molecule has 0 saturated carbocycles. The van der Waals surface area contributed by atoms with Gasteiger partial charge in [-0.2, -0.15) is 0 Å². The van der Waals surface area contributed by atoms with Crippen molar-refractivity contribution in [3.63, 3.8) is 0 Å². The number of aromatic nitrogens is 1. The molecule has 15 heavy (non-hydrogen) atoms. The Balaban J connectivity index is 2.51. The maximum Gasteiger partial charge on any atom is 0.394 e. The molecule has 2 rings (SSSR count). The molecule has 0 radical (unpaired) electrons. The van der Waals surface area contributed by atoms with Crippen LogP contribution in [0.1, 0.15) is 16.2 Å². The molecule has 1 aromatic carbocycles. The number of hydrogen-bond donors (Lipinski definition) is 0. The largest absolute Gasteiger partial charge is 0.462 e. The first kappa shape index (κ1) is 9.98. The third-order valence-corrected chi connectivity index (χ3v) is 2.28. The van der Waals surface area contributed by atoms with Crippen molar-refractivity contribution >= 4 is 28.7 Å². The number of oxazole rings is 1. The highest BCUT2D eigenvalue weighted by molar-refractivity contribution is 6.17. The summed E-state index contributed by atoms with van der Waals surface area (Å²) in [7, 11) is 1.28. The Kier molecular flexibility index (Phi) is 2.60. The molecule has 0 aliphatic rings. The van der Waals surface area contributed by atoms with Crippen molar-refractivity contribution in [2.24, 2.45) is 0 Å². The van der Waals surface area contributed by atoms with Crippen LogP contribution in [0.5, 0.6) is 0 Å². The average molecular weight is 226 g/mol. The SMILES string of the molecule is COC(=O)c1nc2ccc(CCl)cc2o1. The molecule has 4 nitrogen and oxygen atoms in total. The van der Waals surface area contributed by atoms with Crippen LogP contribution in [0.4, 0.5) is 0 Å². The maximum absolute atomic E-state index is 11.1. The number of methoxy groups -OCH3 is 1. The van der Waals surface area contributed by atoms with Crippen LogP contribution < -0.4 is 0 Å². The summed E-state index contributed by atoms with van der Waals surface area (Å²) in [5.41, 5.74) is 2.06. The van der Waals surface area contributed by atoms with Crippen LogP contribution in [0.2, 0.25) is 0 Å². The summed E-state index contributed by atoms with van der Waals surface area (Å²) in [6.07, 6.45) is 0. The molecule has 0 spiro atoms. The molecule has 0 aliphatic carbocycles. The van der Waals surface area contributed by atoms with E-state index in [1.807, 2.05) is 6.07 Å². The fourth-order valence-corrected chi connectivity index (χ4v) is 1.39. The summed E-state index contributed by atoms with van der Waals surface area (Å²) in [5, 5.41) is 0. The highest BCUT2D eigenvalue weighted by atomic mass is 35.5. The molecule has 0 unspecified atom stereocenters. The number of halogens is 1. The minimum Gasteiger partial charge on any atom is -0.462 e. The molecule has 0 atom stereocenters. The highest BCUT2D eigenvalue weighted by Gasteiger charge is 2.14. The van der Waals surface area contributed by atoms with Gasteiger partial charge in [-0.3, -0.25) is 0 Å². The standard InChI is InChI=1S/C10H8ClNO3/c1-14-10(13)9-12-7-3-2-6(5-11)4-8(7)15-9/h2-4H,5H2,1H3. The summed E-state index contributed by atoms with van der Waals surface area (Å²) in [5.74, 6) is -0.234. The van der Waals surface area contributed by atoms with Gasteiger partial charge in [-0.15, -0.1) is 11.6 Å². The lowest BCUT2D eigenvalue weighted by atomic mass is 10.2. The van der Waals surface area contributed by atoms with Crippen molar-refractivity contribution in [2.45, 2.75) is 5.88 Å². The molecule has 0 saturated heterocycles. The Hall–Kier alpha value is -1.55. The number of nitrogens with zero attached hydrogens (tertiary/aromatic N) is 1. The van der Waals surface area contributed by atoms with Crippen LogP contribution in [0.3, 0.4) is 0 Å². The molecular formula is C10H8ClNO3. The number of fused-ring (bicyclic) bond motifs is 1. The Bertz CT molecular complexity index is 506. The van der Waals surface area contributed by atoms with E-state index in [9.17, 15) is 4.79 Å². The van der Waals surface area contributed by atoms with E-state index in [4.69, 9.17) is 16.0 Å². The number of alkyl halides is 1. The van der Waals surface area contributed by atoms with Gasteiger partial charge in [-0.1, -0.05) is 6.07 Å². The first-order valence-electron chi connectivity index (χ1n) is 4.28. The van der Waals surface area contributed by atoms with E-state index >= 15 is 0 Å². The molecule has 5 heteroatoms. The number of benzene rings is 1. The molecule has 1 aromatic heterocycles. The monoisotopic (exact) mass is 225 g/mol. The van der Waals surface area contributed by atoms with Gasteiger partial charge in [0.25, 0.3) is 0 Å². The van der Waals surface area contributed by atoms with Gasteiger partial charge in [0.1, 0.15) is 5.52 Å². The molecule has 0 N–H and O–H groups in total. The van der Waals surface area contributed by atoms with Gasteiger partial charge < -0.3 is 9.15 Å². The van der Waals surface area contributed by atoms with E-state index < -0.39 is 5.97 Å². The maximum atomic E-state index is 11.1. The van der Waals surface area contributed by atoms with Gasteiger partial charge in [0, 0.05) is 5.88 Å². The van der Waals surface area contributed by atoms with E-state index in [0.29, 0.717) is 17.0 Å². The molecule has 0 fully saturated rings. The summed E-state index contributed by atoms with van der Waals surface area (Å²) >= 11 is 5.67. The van der Waals surface area contributed by atoms with Crippen molar-refractivity contribution in [1.82, 2.24) is 4.98 Å². The normalized spacial score (nSPS) is 10.5. The quantitative estimate of drug-likeness (QED) is 0.582. The zero-order chi connectivity index (χ0) is 10.8. The Labute approximate surface area is 90.8 Å². The number of carbonyl (C=O) groups excluding carboxylic acids is 1. The van der Waals surface area contributed by atoms with Gasteiger partial charge in [0.2, 0.25) is 0 Å². The lowest BCUT2D eigenvalue weighted by Crippen LogP contribution is -2.00. The number of rotatable bonds is 2. The second kappa shape index (κ2) is 3.90. The number of ether oxygens (including phenoxy) is 1. The highest BCUT2D eigenvalue weighted by Crippen LogP contribution is 2.18. The fourth-order valence-electron chi connectivity index (χ4n) is 1.23. The van der Waals surface area contributed by atoms with E-state index in [0.717, 1.165) is 5.56 Å². The van der Waals surface area contributed by atoms with Crippen molar-refractivity contribution in [3.8, 4) is 0 Å². The summed E-state index contributed by atoms with van der Waals surface area (Å²) in [4.78, 5) is 15.1. The minimum atomic E-state index is -0.585. The second-order valence-corrected chi connectivity index (χ2v) is 3.21. The smallest absolute Gasteiger partial charge is 0.394 e. The summed E-state index contributed by atoms with van der Waals surface area (Å²) < 4.78 is 9.72. The lowest BCUT2D eigenvalue weighted by Gasteiger charge is -1.91. The van der Waals surface area contributed by atoms with Crippen LogP contribution in [0.25, 0.3) is 11.1 Å². The van der Waals surface area contributed by atoms with Gasteiger partial charge in [-0.25, -0.2) is 9.78 Å². The van der Waals surface area contributed by atoms with Gasteiger partial charge in [-0.05, 0) is 17.7 Å². The molecule has 0 amide bonds. The Morgan fingerprint density at radius 1 is 1.60 bits per heavy atom. The number of carbonyl (C=O) groups is 1. The van der Waals surface area contributed by atoms with Gasteiger partial charge in [0.15, 0.2) is 5.58 Å². The lowest BCUT2D eigenvalue weighted by molar-refractivity contribution is 0.0558. The Morgan fingerprint density at radius 3 is 3.07 bits per heavy atom. The average Bonchev–Trinajstić information content (AvgIpc) is 2.70. The molecule has 1 heterocycles. The van der Waals surface area contributed by atoms with E-state index in [1.54, 1.807) is 12.1 Å². The minimum absolute atomic E-state index is 0.0424. The van der Waals surface area contributed by atoms with E-state index in [1.165, 1.54) is 7.11 Å². The van der Waals surface area contributed by atoms with Crippen molar-refractivity contribution in [1.29, 1.82) is 0 Å². The number of esters is 1. The summed E-state index contributed by atoms with van der Waals surface area (Å²) in [6.45, 7) is 0. The predicted molar refractivity (Wildman–Crippen MR) is 54.9 cm³/mol. The summed E-state index contributed by atoms with van der Waals surface area (Å²) in [6, 6.07) is 5.34. The third-order valence-electron chi connectivity index (χ3n) is 1.97. The van der Waals surface area contributed by atoms with Crippen LogP contribution in [-0.4, -0.2) is 18.1 Å². The molecule has 2 aromatic rings. The van der Waals surface area contributed by atoms with Gasteiger partial charge in [0.05, 0.1) is 7.11 Å². The van der Waals surface area contributed by atoms with Crippen LogP contribution in [0.15, 0.2) is 22.6 Å². The van der Waals surface area contributed by atoms with Gasteiger partial charge >= 0.3 is 11.9 Å². The zero-order valence-electron chi connectivity index (χ0n) is 7.99. The third kappa shape index (κ3) is 1.80. The first-order valence-corrected chi connectivity index (χ1v) is 4.82. The molecule has 78 valence electrons. The van der Waals surface area contributed by atoms with E-state index in [-0.39, 0.29) is 5.89 Å². The van der Waals surface area contributed by atoms with Crippen LogP contribution in [0, 0.1) is 0 Å². The second-order valence-electron chi connectivity index (χ2n) is 2.95. The Morgan fingerprint density at radius 2 is 2.40 bits per heavy atom. The first-order chi connectivity index (χ1) is 7.24. The predicted octanol–water partition coefficient (Wildman–Crippen LogP) is 2.35. The van der Waals surface area contributed by atoms with Crippen molar-refractivity contribution in [2.75, 3.05) is 7.11 Å².